The molecule has 3 atom stereocenters. The topological polar surface area (TPSA) is 32.3 Å². The fourth-order valence-electron chi connectivity index (χ4n) is 2.87. The summed E-state index contributed by atoms with van der Waals surface area (Å²) in [5.74, 6) is 1.40. The predicted octanol–water partition coefficient (Wildman–Crippen LogP) is 1.31. The molecule has 2 aliphatic rings. The van der Waals surface area contributed by atoms with Gasteiger partial charge in [0.15, 0.2) is 0 Å². The normalized spacial score (nSPS) is 35.2. The first-order valence-electron chi connectivity index (χ1n) is 6.01. The van der Waals surface area contributed by atoms with Crippen molar-refractivity contribution in [2.75, 3.05) is 38.6 Å². The molecule has 17 heavy (non-hydrogen) atoms. The van der Waals surface area contributed by atoms with Crippen molar-refractivity contribution in [1.82, 2.24) is 14.9 Å². The summed E-state index contributed by atoms with van der Waals surface area (Å²) in [5, 5.41) is 0. The fraction of sp³-hybridized carbons (Fsp3) is 0.667. The molecule has 2 aliphatic heterocycles. The maximum Gasteiger partial charge on any atom is 0.146 e. The SMILES string of the molecule is CN(C)c1cncc(C2(Cl)CN3CCC2C3)n1. The monoisotopic (exact) mass is 252 g/mol. The Balaban J connectivity index is 1.96. The second-order valence-corrected chi connectivity index (χ2v) is 5.91. The summed E-state index contributed by atoms with van der Waals surface area (Å²) in [6.45, 7) is 3.20. The third kappa shape index (κ3) is 1.70. The van der Waals surface area contributed by atoms with E-state index in [0.717, 1.165) is 24.6 Å². The van der Waals surface area contributed by atoms with Crippen LogP contribution in [0.1, 0.15) is 12.1 Å². The molecule has 2 saturated heterocycles. The van der Waals surface area contributed by atoms with Gasteiger partial charge >= 0.3 is 0 Å². The van der Waals surface area contributed by atoms with E-state index < -0.39 is 0 Å². The Morgan fingerprint density at radius 1 is 1.47 bits per heavy atom. The molecule has 3 rings (SSSR count). The molecule has 4 nitrogen and oxygen atoms in total. The highest BCUT2D eigenvalue weighted by Crippen LogP contribution is 2.47. The molecule has 1 aromatic heterocycles. The summed E-state index contributed by atoms with van der Waals surface area (Å²) in [4.78, 5) is 13.0. The molecule has 0 amide bonds. The quantitative estimate of drug-likeness (QED) is 0.743. The minimum atomic E-state index is -0.322. The summed E-state index contributed by atoms with van der Waals surface area (Å²) < 4.78 is 0. The lowest BCUT2D eigenvalue weighted by Gasteiger charge is -2.30. The minimum absolute atomic E-state index is 0.322. The molecule has 0 aliphatic carbocycles. The van der Waals surface area contributed by atoms with Crippen LogP contribution >= 0.6 is 11.6 Å². The van der Waals surface area contributed by atoms with Gasteiger partial charge in [-0.25, -0.2) is 4.98 Å². The van der Waals surface area contributed by atoms with Gasteiger partial charge in [0.25, 0.3) is 0 Å². The molecular formula is C12H17ClN4. The Labute approximate surface area is 107 Å². The number of rotatable bonds is 2. The summed E-state index contributed by atoms with van der Waals surface area (Å²) in [5.41, 5.74) is 0.928. The van der Waals surface area contributed by atoms with Crippen molar-refractivity contribution < 1.29 is 0 Å². The summed E-state index contributed by atoms with van der Waals surface area (Å²) in [6, 6.07) is 0. The van der Waals surface area contributed by atoms with E-state index in [9.17, 15) is 0 Å². The highest BCUT2D eigenvalue weighted by Gasteiger charge is 2.51. The average molecular weight is 253 g/mol. The minimum Gasteiger partial charge on any atom is -0.361 e. The number of halogens is 1. The Hall–Kier alpha value is -0.870. The molecule has 0 saturated carbocycles. The maximum absolute atomic E-state index is 6.81. The molecule has 3 heterocycles. The molecule has 0 spiro atoms. The van der Waals surface area contributed by atoms with Crippen LogP contribution in [0.25, 0.3) is 0 Å². The van der Waals surface area contributed by atoms with Crippen LogP contribution in [0, 0.1) is 5.92 Å². The van der Waals surface area contributed by atoms with E-state index in [1.807, 2.05) is 25.2 Å². The molecule has 2 fully saturated rings. The summed E-state index contributed by atoms with van der Waals surface area (Å²) >= 11 is 6.81. The zero-order valence-electron chi connectivity index (χ0n) is 10.2. The second-order valence-electron chi connectivity index (χ2n) is 5.24. The zero-order valence-corrected chi connectivity index (χ0v) is 11.0. The number of hydrogen-bond acceptors (Lipinski definition) is 4. The first-order chi connectivity index (χ1) is 8.09. The number of fused-ring (bicyclic) bond motifs is 2. The van der Waals surface area contributed by atoms with Crippen LogP contribution in [-0.4, -0.2) is 48.6 Å². The van der Waals surface area contributed by atoms with E-state index in [4.69, 9.17) is 11.6 Å². The third-order valence-electron chi connectivity index (χ3n) is 3.88. The second kappa shape index (κ2) is 3.82. The van der Waals surface area contributed by atoms with Gasteiger partial charge in [0, 0.05) is 27.2 Å². The van der Waals surface area contributed by atoms with Gasteiger partial charge in [-0.1, -0.05) is 0 Å². The maximum atomic E-state index is 6.81. The van der Waals surface area contributed by atoms with Crippen molar-refractivity contribution in [3.8, 4) is 0 Å². The van der Waals surface area contributed by atoms with Crippen LogP contribution in [0.5, 0.6) is 0 Å². The number of hydrogen-bond donors (Lipinski definition) is 0. The molecule has 3 unspecified atom stereocenters. The molecule has 92 valence electrons. The lowest BCUT2D eigenvalue weighted by Crippen LogP contribution is -2.36. The number of aromatic nitrogens is 2. The van der Waals surface area contributed by atoms with Crippen LogP contribution in [0.3, 0.4) is 0 Å². The first kappa shape index (κ1) is 11.2. The van der Waals surface area contributed by atoms with Crippen LogP contribution in [0.2, 0.25) is 0 Å². The van der Waals surface area contributed by atoms with Gasteiger partial charge < -0.3 is 9.80 Å². The highest BCUT2D eigenvalue weighted by molar-refractivity contribution is 6.24. The van der Waals surface area contributed by atoms with E-state index in [1.165, 1.54) is 13.0 Å². The van der Waals surface area contributed by atoms with E-state index in [1.54, 1.807) is 6.20 Å². The van der Waals surface area contributed by atoms with E-state index in [2.05, 4.69) is 14.9 Å². The number of alkyl halides is 1. The molecular weight excluding hydrogens is 236 g/mol. The molecule has 1 aromatic rings. The van der Waals surface area contributed by atoms with Crippen molar-refractivity contribution in [2.45, 2.75) is 11.3 Å². The molecule has 0 aromatic carbocycles. The van der Waals surface area contributed by atoms with Crippen LogP contribution in [0.4, 0.5) is 5.82 Å². The first-order valence-corrected chi connectivity index (χ1v) is 6.38. The Kier molecular flexibility index (Phi) is 2.52. The van der Waals surface area contributed by atoms with Crippen molar-refractivity contribution in [1.29, 1.82) is 0 Å². The van der Waals surface area contributed by atoms with Gasteiger partial charge in [0.2, 0.25) is 0 Å². The highest BCUT2D eigenvalue weighted by atomic mass is 35.5. The van der Waals surface area contributed by atoms with Crippen LogP contribution in [-0.2, 0) is 4.87 Å². The lowest BCUT2D eigenvalue weighted by atomic mass is 9.89. The van der Waals surface area contributed by atoms with Crippen LogP contribution < -0.4 is 4.90 Å². The van der Waals surface area contributed by atoms with Gasteiger partial charge in [-0.3, -0.25) is 4.98 Å². The van der Waals surface area contributed by atoms with Crippen molar-refractivity contribution in [2.24, 2.45) is 5.92 Å². The Morgan fingerprint density at radius 3 is 2.88 bits per heavy atom. The largest absolute Gasteiger partial charge is 0.361 e. The summed E-state index contributed by atoms with van der Waals surface area (Å²) in [7, 11) is 3.94. The van der Waals surface area contributed by atoms with Gasteiger partial charge in [0.05, 0.1) is 18.1 Å². The smallest absolute Gasteiger partial charge is 0.146 e. The van der Waals surface area contributed by atoms with E-state index >= 15 is 0 Å². The lowest BCUT2D eigenvalue weighted by molar-refractivity contribution is 0.320. The molecule has 2 bridgehead atoms. The fourth-order valence-corrected chi connectivity index (χ4v) is 3.30. The number of anilines is 1. The standard InChI is InChI=1S/C12H17ClN4/c1-16(2)11-6-14-5-10(15-11)12(13)8-17-4-3-9(12)7-17/h5-6,9H,3-4,7-8H2,1-2H3. The molecule has 0 radical (unpaired) electrons. The van der Waals surface area contributed by atoms with Gasteiger partial charge in [0.1, 0.15) is 10.7 Å². The van der Waals surface area contributed by atoms with E-state index in [-0.39, 0.29) is 4.87 Å². The van der Waals surface area contributed by atoms with Crippen molar-refractivity contribution >= 4 is 17.4 Å². The van der Waals surface area contributed by atoms with Gasteiger partial charge in [-0.15, -0.1) is 11.6 Å². The van der Waals surface area contributed by atoms with Crippen molar-refractivity contribution in [3.63, 3.8) is 0 Å². The number of piperidine rings is 1. The van der Waals surface area contributed by atoms with Crippen molar-refractivity contribution in [3.05, 3.63) is 18.1 Å². The Bertz CT molecular complexity index is 436. The molecule has 5 heteroatoms. The third-order valence-corrected chi connectivity index (χ3v) is 4.50. The van der Waals surface area contributed by atoms with E-state index in [0.29, 0.717) is 5.92 Å². The molecule has 0 N–H and O–H groups in total. The van der Waals surface area contributed by atoms with Gasteiger partial charge in [-0.05, 0) is 18.9 Å². The predicted molar refractivity (Wildman–Crippen MR) is 68.4 cm³/mol. The zero-order chi connectivity index (χ0) is 12.0. The Morgan fingerprint density at radius 2 is 2.29 bits per heavy atom. The number of nitrogens with zero attached hydrogens (tertiary/aromatic N) is 4. The van der Waals surface area contributed by atoms with Gasteiger partial charge in [-0.2, -0.15) is 0 Å². The summed E-state index contributed by atoms with van der Waals surface area (Å²) in [6.07, 6.45) is 4.77. The van der Waals surface area contributed by atoms with Crippen LogP contribution in [0.15, 0.2) is 12.4 Å². The average Bonchev–Trinajstić information content (AvgIpc) is 2.89.